The molecule has 1 aliphatic heterocycles. The van der Waals surface area contributed by atoms with Crippen molar-refractivity contribution in [3.8, 4) is 11.5 Å². The maximum absolute atomic E-state index is 13.0. The number of imide groups is 1. The van der Waals surface area contributed by atoms with Gasteiger partial charge in [-0.1, -0.05) is 59.6 Å². The smallest absolute Gasteiger partial charge is 0.293 e. The Morgan fingerprint density at radius 2 is 1.89 bits per heavy atom. The van der Waals surface area contributed by atoms with Crippen molar-refractivity contribution in [2.45, 2.75) is 20.1 Å². The van der Waals surface area contributed by atoms with E-state index in [-0.39, 0.29) is 27.7 Å². The van der Waals surface area contributed by atoms with Gasteiger partial charge in [-0.2, -0.15) is 0 Å². The summed E-state index contributed by atoms with van der Waals surface area (Å²) in [5.41, 5.74) is 2.74. The summed E-state index contributed by atoms with van der Waals surface area (Å²) in [5, 5.41) is 11.1. The number of ether oxygens (including phenoxy) is 2. The lowest BCUT2D eigenvalue weighted by atomic mass is 10.1. The van der Waals surface area contributed by atoms with Gasteiger partial charge >= 0.3 is 0 Å². The van der Waals surface area contributed by atoms with Crippen LogP contribution in [0.25, 0.3) is 6.08 Å². The van der Waals surface area contributed by atoms with Gasteiger partial charge in [0.2, 0.25) is 0 Å². The van der Waals surface area contributed by atoms with Gasteiger partial charge in [-0.05, 0) is 48.0 Å². The van der Waals surface area contributed by atoms with Gasteiger partial charge in [-0.25, -0.2) is 0 Å². The number of methoxy groups -OCH3 is 1. The zero-order valence-corrected chi connectivity index (χ0v) is 21.0. The maximum Gasteiger partial charge on any atom is 0.293 e. The van der Waals surface area contributed by atoms with E-state index in [9.17, 15) is 19.7 Å². The molecule has 0 unspecified atom stereocenters. The molecule has 0 aliphatic carbocycles. The average molecular weight is 525 g/mol. The number of nitro groups is 1. The molecule has 0 aromatic heterocycles. The van der Waals surface area contributed by atoms with Crippen LogP contribution < -0.4 is 9.47 Å². The summed E-state index contributed by atoms with van der Waals surface area (Å²) >= 11 is 7.23. The fraction of sp³-hybridized carbons (Fsp3) is 0.154. The Kier molecular flexibility index (Phi) is 7.61. The van der Waals surface area contributed by atoms with E-state index in [4.69, 9.17) is 21.1 Å². The molecule has 1 aliphatic rings. The van der Waals surface area contributed by atoms with Crippen molar-refractivity contribution in [3.63, 3.8) is 0 Å². The molecule has 0 radical (unpaired) electrons. The Labute approximate surface area is 216 Å². The molecule has 2 amide bonds. The molecule has 4 rings (SSSR count). The summed E-state index contributed by atoms with van der Waals surface area (Å²) in [6, 6.07) is 17.2. The van der Waals surface area contributed by atoms with Gasteiger partial charge in [0.05, 0.1) is 28.5 Å². The first kappa shape index (κ1) is 25.3. The Morgan fingerprint density at radius 1 is 1.11 bits per heavy atom. The van der Waals surface area contributed by atoms with E-state index < -0.39 is 16.1 Å². The van der Waals surface area contributed by atoms with Gasteiger partial charge in [-0.3, -0.25) is 24.6 Å². The van der Waals surface area contributed by atoms with E-state index in [2.05, 4.69) is 0 Å². The number of amides is 2. The molecule has 1 fully saturated rings. The number of hydrogen-bond acceptors (Lipinski definition) is 7. The van der Waals surface area contributed by atoms with E-state index in [1.165, 1.54) is 31.4 Å². The van der Waals surface area contributed by atoms with Crippen LogP contribution in [0, 0.1) is 17.0 Å². The van der Waals surface area contributed by atoms with Crippen molar-refractivity contribution in [2.75, 3.05) is 7.11 Å². The van der Waals surface area contributed by atoms with E-state index in [0.717, 1.165) is 27.8 Å². The van der Waals surface area contributed by atoms with Gasteiger partial charge in [0.25, 0.3) is 16.8 Å². The molecule has 8 nitrogen and oxygen atoms in total. The molecular weight excluding hydrogens is 504 g/mol. The van der Waals surface area contributed by atoms with Crippen molar-refractivity contribution in [3.05, 3.63) is 103 Å². The van der Waals surface area contributed by atoms with Crippen LogP contribution in [-0.2, 0) is 17.9 Å². The lowest BCUT2D eigenvalue weighted by Crippen LogP contribution is -2.27. The van der Waals surface area contributed by atoms with Crippen LogP contribution in [0.4, 0.5) is 10.5 Å². The molecule has 184 valence electrons. The molecule has 0 bridgehead atoms. The normalized spacial score (nSPS) is 14.4. The lowest BCUT2D eigenvalue weighted by molar-refractivity contribution is -0.385. The quantitative estimate of drug-likeness (QED) is 0.191. The second kappa shape index (κ2) is 10.8. The van der Waals surface area contributed by atoms with Crippen molar-refractivity contribution in [1.82, 2.24) is 4.90 Å². The first-order chi connectivity index (χ1) is 17.3. The summed E-state index contributed by atoms with van der Waals surface area (Å²) in [4.78, 5) is 37.4. The summed E-state index contributed by atoms with van der Waals surface area (Å²) in [6.45, 7) is 2.09. The standard InChI is InChI=1S/C26H21ClN2O6S/c1-16-6-5-7-17(10-16)15-35-24-20(27)11-18(12-22(24)34-2)13-23-25(30)28(26(31)36-23)14-19-8-3-4-9-21(19)29(32)33/h3-13H,14-15H2,1-2H3/b23-13-. The Balaban J connectivity index is 1.55. The van der Waals surface area contributed by atoms with Crippen LogP contribution in [-0.4, -0.2) is 28.1 Å². The molecule has 0 N–H and O–H groups in total. The fourth-order valence-corrected chi connectivity index (χ4v) is 4.81. The first-order valence-corrected chi connectivity index (χ1v) is 12.0. The van der Waals surface area contributed by atoms with Gasteiger partial charge < -0.3 is 9.47 Å². The van der Waals surface area contributed by atoms with Crippen molar-refractivity contribution < 1.29 is 24.0 Å². The number of nitrogens with zero attached hydrogens (tertiary/aromatic N) is 2. The van der Waals surface area contributed by atoms with Crippen molar-refractivity contribution >= 4 is 46.3 Å². The van der Waals surface area contributed by atoms with Crippen LogP contribution in [0.3, 0.4) is 0 Å². The molecule has 1 saturated heterocycles. The zero-order chi connectivity index (χ0) is 25.8. The lowest BCUT2D eigenvalue weighted by Gasteiger charge is -2.14. The number of nitro benzene ring substituents is 1. The Hall–Kier alpha value is -3.82. The number of aryl methyl sites for hydroxylation is 1. The second-order valence-electron chi connectivity index (χ2n) is 7.97. The third-order valence-corrected chi connectivity index (χ3v) is 6.59. The summed E-state index contributed by atoms with van der Waals surface area (Å²) in [6.07, 6.45) is 1.53. The molecular formula is C26H21ClN2O6S. The highest BCUT2D eigenvalue weighted by molar-refractivity contribution is 8.18. The van der Waals surface area contributed by atoms with E-state index in [1.807, 2.05) is 31.2 Å². The monoisotopic (exact) mass is 524 g/mol. The molecule has 0 spiro atoms. The molecule has 3 aromatic carbocycles. The third kappa shape index (κ3) is 5.53. The number of carbonyl (C=O) groups excluding carboxylic acids is 2. The van der Waals surface area contributed by atoms with E-state index in [1.54, 1.807) is 18.2 Å². The molecule has 0 atom stereocenters. The predicted molar refractivity (Wildman–Crippen MR) is 138 cm³/mol. The van der Waals surface area contributed by atoms with Gasteiger partial charge in [0, 0.05) is 11.6 Å². The first-order valence-electron chi connectivity index (χ1n) is 10.8. The Bertz CT molecular complexity index is 1390. The minimum absolute atomic E-state index is 0.154. The fourth-order valence-electron chi connectivity index (χ4n) is 3.70. The number of para-hydroxylation sites is 1. The Morgan fingerprint density at radius 3 is 2.61 bits per heavy atom. The number of thioether (sulfide) groups is 1. The van der Waals surface area contributed by atoms with Gasteiger partial charge in [0.15, 0.2) is 11.5 Å². The molecule has 10 heteroatoms. The van der Waals surface area contributed by atoms with Gasteiger partial charge in [0.1, 0.15) is 6.61 Å². The van der Waals surface area contributed by atoms with Crippen LogP contribution >= 0.6 is 23.4 Å². The summed E-state index contributed by atoms with van der Waals surface area (Å²) < 4.78 is 11.4. The van der Waals surface area contributed by atoms with Crippen molar-refractivity contribution in [1.29, 1.82) is 0 Å². The largest absolute Gasteiger partial charge is 0.493 e. The van der Waals surface area contributed by atoms with E-state index >= 15 is 0 Å². The SMILES string of the molecule is COc1cc(/C=C2\SC(=O)N(Cc3ccccc3[N+](=O)[O-])C2=O)cc(Cl)c1OCc1cccc(C)c1. The summed E-state index contributed by atoms with van der Waals surface area (Å²) in [7, 11) is 1.48. The van der Waals surface area contributed by atoms with Crippen LogP contribution in [0.15, 0.2) is 65.6 Å². The number of halogens is 1. The van der Waals surface area contributed by atoms with Gasteiger partial charge in [-0.15, -0.1) is 0 Å². The topological polar surface area (TPSA) is 99.0 Å². The molecule has 3 aromatic rings. The second-order valence-corrected chi connectivity index (χ2v) is 9.37. The van der Waals surface area contributed by atoms with Crippen LogP contribution in [0.5, 0.6) is 11.5 Å². The van der Waals surface area contributed by atoms with E-state index in [0.29, 0.717) is 23.7 Å². The highest BCUT2D eigenvalue weighted by Crippen LogP contribution is 2.40. The average Bonchev–Trinajstić information content (AvgIpc) is 3.10. The summed E-state index contributed by atoms with van der Waals surface area (Å²) in [5.74, 6) is 0.195. The van der Waals surface area contributed by atoms with Crippen molar-refractivity contribution in [2.24, 2.45) is 0 Å². The molecule has 36 heavy (non-hydrogen) atoms. The molecule has 1 heterocycles. The highest BCUT2D eigenvalue weighted by Gasteiger charge is 2.36. The molecule has 0 saturated carbocycles. The maximum atomic E-state index is 13.0. The number of hydrogen-bond donors (Lipinski definition) is 0. The highest BCUT2D eigenvalue weighted by atomic mass is 35.5. The number of rotatable bonds is 8. The third-order valence-electron chi connectivity index (χ3n) is 5.41. The number of carbonyl (C=O) groups is 2. The minimum atomic E-state index is -0.544. The predicted octanol–water partition coefficient (Wildman–Crippen LogP) is 6.38. The van der Waals surface area contributed by atoms with Crippen LogP contribution in [0.2, 0.25) is 5.02 Å². The zero-order valence-electron chi connectivity index (χ0n) is 19.4. The van der Waals surface area contributed by atoms with Crippen LogP contribution in [0.1, 0.15) is 22.3 Å². The number of benzene rings is 3. The minimum Gasteiger partial charge on any atom is -0.493 e.